The van der Waals surface area contributed by atoms with Gasteiger partial charge in [-0.3, -0.25) is 0 Å². The van der Waals surface area contributed by atoms with E-state index in [1.807, 2.05) is 146 Å². The van der Waals surface area contributed by atoms with Crippen LogP contribution in [0.3, 0.4) is 0 Å². The number of nitrogens with zero attached hydrogens (tertiary/aromatic N) is 6. The standard InChI is InChI=1S/C57H39N3O2Si2.C24H19BO3Si.C24H18OSi.C12H10O.C9H5Cl2N3/c1-6-22-40(23-7-1)55-58-56(45-32-20-38-51-53(45)61-47-34-16-18-36-49(47)63(51,41-24-8-2-9-25-41)42-26-10-3-11-27-42)60-57(59-55)46-33-21-39-52-54(46)62-48-35-17-19-37-50(48)64(52,43-28-12-4-13-29-43)44-30-14-5-15-31-44;26-25(27)20-14-9-17-23-24(20)28-21-15-7-8-16-22(21)29(23,18-10-3-1-4-11-18)19-12-5-2-6-13-19;1-3-11-19(12-4-1)26(20-13-5-2-6-14-20)23-17-9-7-15-21(23)25-22-16-8-10-18-24(22)26;1-3-7-11(8-4-1)13-12-9-5-2-6-10-12;10-8-12-7(13-9(11)14-8)6-4-2-1-3-5-6/h1-39H;1-17,26-27H;1-18H;1-10H;1-5H. The highest BCUT2D eigenvalue weighted by Crippen LogP contribution is 2.42. The monoisotopic (exact) mass is 1990 g/mol. The van der Waals surface area contributed by atoms with Gasteiger partial charge in [-0.25, -0.2) is 15.0 Å². The van der Waals surface area contributed by atoms with Gasteiger partial charge in [-0.05, 0) is 173 Å². The molecule has 0 unspecified atom stereocenters. The summed E-state index contributed by atoms with van der Waals surface area (Å²) in [6, 6.07) is 187. The van der Waals surface area contributed by atoms with Gasteiger partial charge in [-0.2, -0.15) is 15.0 Å². The zero-order valence-electron chi connectivity index (χ0n) is 78.8. The van der Waals surface area contributed by atoms with Crippen LogP contribution < -0.4 is 112 Å². The Bertz CT molecular complexity index is 7880. The molecular weight excluding hydrogens is 1900 g/mol. The maximum Gasteiger partial charge on any atom is 0.492 e. The fraction of sp³-hybridized carbons (Fsp3) is 0. The van der Waals surface area contributed by atoms with E-state index in [4.69, 9.17) is 61.8 Å². The number of benzene rings is 20. The highest BCUT2D eigenvalue weighted by molar-refractivity contribution is 7.23. The smallest absolute Gasteiger partial charge is 0.458 e. The fourth-order valence-corrected chi connectivity index (χ4v) is 41.2. The van der Waals surface area contributed by atoms with E-state index in [1.165, 1.54) is 62.2 Å². The zero-order chi connectivity index (χ0) is 98.6. The van der Waals surface area contributed by atoms with Gasteiger partial charge in [-0.15, -0.1) is 0 Å². The van der Waals surface area contributed by atoms with Gasteiger partial charge in [0.15, 0.2) is 55.6 Å². The summed E-state index contributed by atoms with van der Waals surface area (Å²) in [6.07, 6.45) is 0. The molecule has 0 bridgehead atoms. The van der Waals surface area contributed by atoms with Crippen molar-refractivity contribution < 1.29 is 33.7 Å². The number of aromatic nitrogens is 6. The quantitative estimate of drug-likeness (QED) is 0.0933. The van der Waals surface area contributed by atoms with E-state index in [0.717, 1.165) is 94.7 Å². The Hall–Kier alpha value is -17.1. The van der Waals surface area contributed by atoms with Crippen LogP contribution in [0.4, 0.5) is 0 Å². The molecule has 26 rings (SSSR count). The number of para-hydroxylation sites is 10. The normalized spacial score (nSPS) is 13.1. The van der Waals surface area contributed by atoms with Gasteiger partial charge in [0.2, 0.25) is 10.6 Å². The van der Waals surface area contributed by atoms with E-state index >= 15 is 0 Å². The molecule has 0 radical (unpaired) electrons. The minimum absolute atomic E-state index is 0.101. The molecule has 0 saturated carbocycles. The van der Waals surface area contributed by atoms with E-state index in [0.29, 0.717) is 34.5 Å². The molecule has 20 aromatic carbocycles. The summed E-state index contributed by atoms with van der Waals surface area (Å²) in [6.45, 7) is 0. The number of ether oxygens (including phenoxy) is 5. The van der Waals surface area contributed by atoms with Crippen molar-refractivity contribution in [1.82, 2.24) is 29.9 Å². The van der Waals surface area contributed by atoms with E-state index in [2.05, 4.69) is 403 Å². The summed E-state index contributed by atoms with van der Waals surface area (Å²) in [5.41, 5.74) is 3.73. The van der Waals surface area contributed by atoms with Crippen LogP contribution in [0.5, 0.6) is 57.5 Å². The molecule has 146 heavy (non-hydrogen) atoms. The molecule has 20 heteroatoms. The second-order valence-corrected chi connectivity index (χ2v) is 50.8. The largest absolute Gasteiger partial charge is 0.492 e. The summed E-state index contributed by atoms with van der Waals surface area (Å²) in [4.78, 5) is 27.7. The lowest BCUT2D eigenvalue weighted by Gasteiger charge is -2.40. The molecule has 0 saturated heterocycles. The van der Waals surface area contributed by atoms with Crippen LogP contribution in [0.1, 0.15) is 0 Å². The lowest BCUT2D eigenvalue weighted by Crippen LogP contribution is -2.76. The molecule has 4 aliphatic rings. The first kappa shape index (κ1) is 93.8. The number of rotatable bonds is 15. The maximum absolute atomic E-state index is 10.0. The molecule has 13 nitrogen and oxygen atoms in total. The van der Waals surface area contributed by atoms with Gasteiger partial charge in [-0.1, -0.05) is 473 Å². The molecule has 2 aromatic heterocycles. The zero-order valence-corrected chi connectivity index (χ0v) is 84.3. The van der Waals surface area contributed by atoms with Gasteiger partial charge in [0.05, 0.1) is 11.1 Å². The number of hydrogen-bond donors (Lipinski definition) is 2. The maximum atomic E-state index is 10.0. The van der Waals surface area contributed by atoms with Crippen molar-refractivity contribution in [3.05, 3.63) is 550 Å². The Morgan fingerprint density at radius 2 is 0.404 bits per heavy atom. The fourth-order valence-electron chi connectivity index (χ4n) is 20.9. The Morgan fingerprint density at radius 3 is 0.692 bits per heavy atom. The van der Waals surface area contributed by atoms with Crippen molar-refractivity contribution in [2.45, 2.75) is 0 Å². The van der Waals surface area contributed by atoms with Crippen LogP contribution in [0.15, 0.2) is 540 Å². The lowest BCUT2D eigenvalue weighted by molar-refractivity contribution is 0.421. The van der Waals surface area contributed by atoms with Crippen LogP contribution in [0.25, 0.3) is 45.6 Å². The summed E-state index contributed by atoms with van der Waals surface area (Å²) >= 11 is 11.3. The predicted molar refractivity (Wildman–Crippen MR) is 602 cm³/mol. The van der Waals surface area contributed by atoms with Crippen LogP contribution >= 0.6 is 23.2 Å². The first-order valence-electron chi connectivity index (χ1n) is 48.2. The van der Waals surface area contributed by atoms with Crippen molar-refractivity contribution in [3.8, 4) is 103 Å². The lowest BCUT2D eigenvalue weighted by atomic mass is 9.79. The van der Waals surface area contributed by atoms with Gasteiger partial charge >= 0.3 is 7.12 Å². The van der Waals surface area contributed by atoms with E-state index in [-0.39, 0.29) is 10.6 Å². The van der Waals surface area contributed by atoms with Crippen molar-refractivity contribution in [1.29, 1.82) is 0 Å². The van der Waals surface area contributed by atoms with Gasteiger partial charge < -0.3 is 33.7 Å². The third-order valence-corrected chi connectivity index (χ3v) is 46.7. The second kappa shape index (κ2) is 42.2. The Balaban J connectivity index is 0.000000121. The molecule has 6 heterocycles. The first-order valence-corrected chi connectivity index (χ1v) is 57.0. The Kier molecular flexibility index (Phi) is 27.1. The molecule has 0 spiro atoms. The molecule has 0 amide bonds. The van der Waals surface area contributed by atoms with Crippen LogP contribution in [0.2, 0.25) is 10.6 Å². The van der Waals surface area contributed by atoms with E-state index < -0.39 is 39.4 Å². The van der Waals surface area contributed by atoms with Gasteiger partial charge in [0, 0.05) is 16.6 Å². The average molecular weight is 2000 g/mol. The van der Waals surface area contributed by atoms with Crippen molar-refractivity contribution in [3.63, 3.8) is 0 Å². The second-order valence-electron chi connectivity index (χ2n) is 35.2. The van der Waals surface area contributed by atoms with E-state index in [9.17, 15) is 10.0 Å². The molecular formula is C126H91BCl2N6O7Si4. The molecule has 0 fully saturated rings. The topological polar surface area (TPSA) is 164 Å². The highest BCUT2D eigenvalue weighted by atomic mass is 35.5. The average Bonchev–Trinajstić information content (AvgIpc) is 0.713. The van der Waals surface area contributed by atoms with Crippen LogP contribution in [-0.2, 0) is 0 Å². The predicted octanol–water partition coefficient (Wildman–Crippen LogP) is 18.2. The molecule has 0 atom stereocenters. The summed E-state index contributed by atoms with van der Waals surface area (Å²) in [5.74, 6) is 10.3. The minimum Gasteiger partial charge on any atom is -0.458 e. The SMILES string of the molecule is Clc1nc(Cl)nc(-c2ccccc2)n1.OB(O)c1cccc2c1Oc1ccccc1[Si]2(c1ccccc1)c1ccccc1.c1ccc(-c2nc(-c3cccc4c3Oc3ccccc3[Si]4(c3ccccc3)c3ccccc3)nc(-c3cccc4c3Oc3ccccc3[Si]4(c3ccccc3)c3ccccc3)n2)cc1.c1ccc(Oc2ccccc2)cc1.c1ccc([Si]2(c3ccccc3)c3ccccc3Oc3ccccc32)cc1. The molecule has 700 valence electrons. The minimum atomic E-state index is -2.94. The van der Waals surface area contributed by atoms with Crippen molar-refractivity contribution in [2.75, 3.05) is 0 Å². The Morgan fingerprint density at radius 1 is 0.192 bits per heavy atom. The van der Waals surface area contributed by atoms with Crippen LogP contribution in [-0.4, -0.2) is 79.4 Å². The molecule has 22 aromatic rings. The van der Waals surface area contributed by atoms with Crippen molar-refractivity contribution >= 4 is 151 Å². The summed E-state index contributed by atoms with van der Waals surface area (Å²) < 4.78 is 32.4. The Labute approximate surface area is 861 Å². The molecule has 0 aliphatic carbocycles. The third-order valence-electron chi connectivity index (χ3n) is 27.0. The summed E-state index contributed by atoms with van der Waals surface area (Å²) in [7, 11) is -12.6. The summed E-state index contributed by atoms with van der Waals surface area (Å²) in [5, 5.41) is 40.1. The number of fused-ring (bicyclic) bond motifs is 8. The number of hydrogen-bond acceptors (Lipinski definition) is 13. The van der Waals surface area contributed by atoms with Gasteiger partial charge in [0.25, 0.3) is 0 Å². The molecule has 4 aliphatic heterocycles. The molecule has 2 N–H and O–H groups in total. The van der Waals surface area contributed by atoms with Crippen molar-refractivity contribution in [2.24, 2.45) is 0 Å². The van der Waals surface area contributed by atoms with E-state index in [1.54, 1.807) is 6.07 Å². The third kappa shape index (κ3) is 17.8. The number of halogens is 2. The van der Waals surface area contributed by atoms with Crippen LogP contribution in [0, 0.1) is 0 Å². The first-order chi connectivity index (χ1) is 72.1. The van der Waals surface area contributed by atoms with Gasteiger partial charge in [0.1, 0.15) is 57.5 Å². The highest BCUT2D eigenvalue weighted by Gasteiger charge is 2.53.